The largest absolute Gasteiger partial charge is 0.327 e. The van der Waals surface area contributed by atoms with Crippen molar-refractivity contribution in [3.05, 3.63) is 0 Å². The molecule has 0 aliphatic carbocycles. The smallest absolute Gasteiger partial charge is 0.00889 e. The number of unbranched alkanes of at least 4 members (excludes halogenated alkanes) is 5. The van der Waals surface area contributed by atoms with Crippen molar-refractivity contribution in [2.24, 2.45) is 11.7 Å². The standard InChI is InChI=1S/C14H30N2/c1-3-4-5-6-7-8-10-16-11-9-14(15)13(2)12-16/h13-14H,3-12,15H2,1-2H3. The predicted molar refractivity (Wildman–Crippen MR) is 71.6 cm³/mol. The third-order valence-corrected chi connectivity index (χ3v) is 3.88. The lowest BCUT2D eigenvalue weighted by atomic mass is 9.94. The van der Waals surface area contributed by atoms with E-state index in [9.17, 15) is 0 Å². The van der Waals surface area contributed by atoms with Gasteiger partial charge in [-0.25, -0.2) is 0 Å². The van der Waals surface area contributed by atoms with E-state index in [4.69, 9.17) is 5.73 Å². The fourth-order valence-electron chi connectivity index (χ4n) is 2.57. The predicted octanol–water partition coefficient (Wildman–Crippen LogP) is 3.02. The average molecular weight is 226 g/mol. The van der Waals surface area contributed by atoms with Crippen LogP contribution in [0.3, 0.4) is 0 Å². The fraction of sp³-hybridized carbons (Fsp3) is 1.00. The molecule has 2 N–H and O–H groups in total. The molecule has 16 heavy (non-hydrogen) atoms. The van der Waals surface area contributed by atoms with Gasteiger partial charge >= 0.3 is 0 Å². The number of nitrogens with two attached hydrogens (primary N) is 1. The van der Waals surface area contributed by atoms with Gasteiger partial charge in [0.2, 0.25) is 0 Å². The minimum Gasteiger partial charge on any atom is -0.327 e. The second-order valence-corrected chi connectivity index (χ2v) is 5.50. The normalized spacial score (nSPS) is 27.2. The molecule has 0 radical (unpaired) electrons. The summed E-state index contributed by atoms with van der Waals surface area (Å²) in [6.07, 6.45) is 9.60. The first kappa shape index (κ1) is 14.0. The van der Waals surface area contributed by atoms with Crippen molar-refractivity contribution in [1.82, 2.24) is 4.90 Å². The minimum absolute atomic E-state index is 0.445. The minimum atomic E-state index is 0.445. The summed E-state index contributed by atoms with van der Waals surface area (Å²) in [6.45, 7) is 8.30. The molecule has 1 aliphatic rings. The lowest BCUT2D eigenvalue weighted by Gasteiger charge is -2.35. The van der Waals surface area contributed by atoms with Crippen LogP contribution < -0.4 is 5.73 Å². The maximum atomic E-state index is 6.02. The first-order valence-electron chi connectivity index (χ1n) is 7.22. The van der Waals surface area contributed by atoms with E-state index >= 15 is 0 Å². The topological polar surface area (TPSA) is 29.3 Å². The van der Waals surface area contributed by atoms with E-state index in [2.05, 4.69) is 18.7 Å². The highest BCUT2D eigenvalue weighted by molar-refractivity contribution is 4.79. The molecule has 0 aromatic heterocycles. The third-order valence-electron chi connectivity index (χ3n) is 3.88. The Morgan fingerprint density at radius 2 is 1.81 bits per heavy atom. The Balaban J connectivity index is 1.97. The molecule has 2 nitrogen and oxygen atoms in total. The average Bonchev–Trinajstić information content (AvgIpc) is 2.28. The lowest BCUT2D eigenvalue weighted by Crippen LogP contribution is -2.46. The molecule has 0 aromatic rings. The number of hydrogen-bond donors (Lipinski definition) is 1. The van der Waals surface area contributed by atoms with E-state index in [0.29, 0.717) is 12.0 Å². The molecule has 96 valence electrons. The zero-order chi connectivity index (χ0) is 11.8. The van der Waals surface area contributed by atoms with Crippen molar-refractivity contribution < 1.29 is 0 Å². The summed E-state index contributed by atoms with van der Waals surface area (Å²) in [5.41, 5.74) is 6.02. The van der Waals surface area contributed by atoms with Crippen molar-refractivity contribution in [1.29, 1.82) is 0 Å². The van der Waals surface area contributed by atoms with Gasteiger partial charge in [0.05, 0.1) is 0 Å². The monoisotopic (exact) mass is 226 g/mol. The van der Waals surface area contributed by atoms with Gasteiger partial charge in [0.25, 0.3) is 0 Å². The third kappa shape index (κ3) is 5.31. The van der Waals surface area contributed by atoms with Gasteiger partial charge in [-0.05, 0) is 31.8 Å². The van der Waals surface area contributed by atoms with E-state index in [0.717, 1.165) is 0 Å². The first-order chi connectivity index (χ1) is 7.74. The fourth-order valence-corrected chi connectivity index (χ4v) is 2.57. The molecule has 1 saturated heterocycles. The molecule has 0 spiro atoms. The van der Waals surface area contributed by atoms with Gasteiger partial charge in [0.1, 0.15) is 0 Å². The highest BCUT2D eigenvalue weighted by Gasteiger charge is 2.22. The van der Waals surface area contributed by atoms with Crippen molar-refractivity contribution in [3.63, 3.8) is 0 Å². The van der Waals surface area contributed by atoms with Gasteiger partial charge in [-0.1, -0.05) is 46.0 Å². The number of nitrogens with zero attached hydrogens (tertiary/aromatic N) is 1. The van der Waals surface area contributed by atoms with Crippen LogP contribution in [0.1, 0.15) is 58.8 Å². The van der Waals surface area contributed by atoms with Gasteiger partial charge in [-0.15, -0.1) is 0 Å². The van der Waals surface area contributed by atoms with Crippen LogP contribution in [0, 0.1) is 5.92 Å². The first-order valence-corrected chi connectivity index (χ1v) is 7.22. The maximum absolute atomic E-state index is 6.02. The van der Waals surface area contributed by atoms with Crippen LogP contribution in [0.15, 0.2) is 0 Å². The Kier molecular flexibility index (Phi) is 7.06. The maximum Gasteiger partial charge on any atom is 0.00889 e. The summed E-state index contributed by atoms with van der Waals surface area (Å²) in [4.78, 5) is 2.61. The van der Waals surface area contributed by atoms with Crippen molar-refractivity contribution in [2.75, 3.05) is 19.6 Å². The molecule has 0 saturated carbocycles. The number of hydrogen-bond acceptors (Lipinski definition) is 2. The zero-order valence-electron chi connectivity index (χ0n) is 11.3. The van der Waals surface area contributed by atoms with Crippen LogP contribution in [-0.2, 0) is 0 Å². The van der Waals surface area contributed by atoms with Gasteiger partial charge in [-0.3, -0.25) is 0 Å². The van der Waals surface area contributed by atoms with Crippen LogP contribution in [0.5, 0.6) is 0 Å². The number of likely N-dealkylation sites (tertiary alicyclic amines) is 1. The van der Waals surface area contributed by atoms with Crippen molar-refractivity contribution >= 4 is 0 Å². The summed E-state index contributed by atoms with van der Waals surface area (Å²) in [7, 11) is 0. The van der Waals surface area contributed by atoms with Crippen LogP contribution in [0.4, 0.5) is 0 Å². The van der Waals surface area contributed by atoms with Gasteiger partial charge in [-0.2, -0.15) is 0 Å². The Bertz CT molecular complexity index is 170. The Morgan fingerprint density at radius 1 is 1.12 bits per heavy atom. The molecule has 1 fully saturated rings. The summed E-state index contributed by atoms with van der Waals surface area (Å²) in [6, 6.07) is 0.445. The molecular weight excluding hydrogens is 196 g/mol. The number of piperidine rings is 1. The quantitative estimate of drug-likeness (QED) is 0.676. The van der Waals surface area contributed by atoms with Crippen LogP contribution in [0.2, 0.25) is 0 Å². The number of rotatable bonds is 7. The molecule has 2 atom stereocenters. The summed E-state index contributed by atoms with van der Waals surface area (Å²) >= 11 is 0. The molecule has 0 amide bonds. The van der Waals surface area contributed by atoms with E-state index in [1.807, 2.05) is 0 Å². The highest BCUT2D eigenvalue weighted by Crippen LogP contribution is 2.15. The van der Waals surface area contributed by atoms with Gasteiger partial charge < -0.3 is 10.6 Å². The van der Waals surface area contributed by atoms with Crippen molar-refractivity contribution in [3.8, 4) is 0 Å². The van der Waals surface area contributed by atoms with E-state index in [1.54, 1.807) is 0 Å². The lowest BCUT2D eigenvalue weighted by molar-refractivity contribution is 0.162. The molecular formula is C14H30N2. The van der Waals surface area contributed by atoms with Gasteiger partial charge in [0.15, 0.2) is 0 Å². The summed E-state index contributed by atoms with van der Waals surface area (Å²) < 4.78 is 0. The van der Waals surface area contributed by atoms with Crippen LogP contribution >= 0.6 is 0 Å². The Hall–Kier alpha value is -0.0800. The van der Waals surface area contributed by atoms with E-state index in [-0.39, 0.29) is 0 Å². The summed E-state index contributed by atoms with van der Waals surface area (Å²) in [5, 5.41) is 0. The van der Waals surface area contributed by atoms with E-state index in [1.165, 1.54) is 64.6 Å². The summed E-state index contributed by atoms with van der Waals surface area (Å²) in [5.74, 6) is 0.689. The molecule has 1 rings (SSSR count). The molecule has 0 bridgehead atoms. The zero-order valence-corrected chi connectivity index (χ0v) is 11.3. The second-order valence-electron chi connectivity index (χ2n) is 5.50. The SMILES string of the molecule is CCCCCCCCN1CCC(N)C(C)C1. The molecule has 2 heteroatoms. The Labute approximate surface area is 102 Å². The Morgan fingerprint density at radius 3 is 2.50 bits per heavy atom. The van der Waals surface area contributed by atoms with E-state index < -0.39 is 0 Å². The molecule has 0 aromatic carbocycles. The van der Waals surface area contributed by atoms with Gasteiger partial charge in [0, 0.05) is 12.6 Å². The highest BCUT2D eigenvalue weighted by atomic mass is 15.1. The second kappa shape index (κ2) is 8.08. The molecule has 1 aliphatic heterocycles. The van der Waals surface area contributed by atoms with Crippen LogP contribution in [0.25, 0.3) is 0 Å². The van der Waals surface area contributed by atoms with Crippen molar-refractivity contribution in [2.45, 2.75) is 64.8 Å². The van der Waals surface area contributed by atoms with Crippen LogP contribution in [-0.4, -0.2) is 30.6 Å². The molecule has 1 heterocycles. The molecule has 2 unspecified atom stereocenters.